The van der Waals surface area contributed by atoms with Crippen molar-refractivity contribution in [2.24, 2.45) is 0 Å². The highest BCUT2D eigenvalue weighted by molar-refractivity contribution is 7.91. The highest BCUT2D eigenvalue weighted by atomic mass is 35.5. The standard InChI is InChI=1S/C25H25ClN2O6S.ClH/c26-20-5-1-3-18(13-20)23(29)15-27-12-11-17-7-9-21(10-8-17)35(33,34)22-6-2-4-19(14-22)25(32)28-16-24(30)31;/h1-10,13-14,23,27,29H,11-12,15-16H2,(H,28,32)(H,30,31);1H/t23-;/m0./s1. The van der Waals surface area contributed by atoms with Crippen molar-refractivity contribution in [1.29, 1.82) is 0 Å². The number of carbonyl (C=O) groups is 2. The van der Waals surface area contributed by atoms with Crippen molar-refractivity contribution in [3.05, 3.63) is 94.5 Å². The zero-order chi connectivity index (χ0) is 25.4. The molecule has 1 amide bonds. The predicted octanol–water partition coefficient (Wildman–Crippen LogP) is 3.27. The normalized spacial score (nSPS) is 11.8. The van der Waals surface area contributed by atoms with Crippen LogP contribution in [0.2, 0.25) is 5.02 Å². The molecule has 0 aliphatic heterocycles. The number of nitrogens with one attached hydrogen (secondary N) is 2. The van der Waals surface area contributed by atoms with E-state index in [0.29, 0.717) is 24.5 Å². The maximum Gasteiger partial charge on any atom is 0.322 e. The molecule has 8 nitrogen and oxygen atoms in total. The molecule has 0 radical (unpaired) electrons. The minimum absolute atomic E-state index is 0. The monoisotopic (exact) mass is 552 g/mol. The van der Waals surface area contributed by atoms with E-state index >= 15 is 0 Å². The van der Waals surface area contributed by atoms with E-state index in [4.69, 9.17) is 16.7 Å². The molecule has 0 saturated heterocycles. The molecule has 0 unspecified atom stereocenters. The average Bonchev–Trinajstić information content (AvgIpc) is 2.85. The fourth-order valence-corrected chi connectivity index (χ4v) is 4.84. The molecule has 0 aliphatic carbocycles. The van der Waals surface area contributed by atoms with Crippen molar-refractivity contribution in [2.45, 2.75) is 22.3 Å². The van der Waals surface area contributed by atoms with Gasteiger partial charge in [-0.1, -0.05) is 41.9 Å². The van der Waals surface area contributed by atoms with Crippen molar-refractivity contribution in [3.8, 4) is 0 Å². The average molecular weight is 553 g/mol. The first-order valence-electron chi connectivity index (χ1n) is 10.7. The molecule has 0 bridgehead atoms. The number of sulfone groups is 1. The molecule has 0 saturated carbocycles. The fourth-order valence-electron chi connectivity index (χ4n) is 3.34. The molecule has 0 heterocycles. The van der Waals surface area contributed by atoms with Gasteiger partial charge in [-0.15, -0.1) is 12.4 Å². The Morgan fingerprint density at radius 2 is 1.64 bits per heavy atom. The summed E-state index contributed by atoms with van der Waals surface area (Å²) in [7, 11) is -3.87. The maximum atomic E-state index is 13.0. The summed E-state index contributed by atoms with van der Waals surface area (Å²) in [6.45, 7) is 0.367. The highest BCUT2D eigenvalue weighted by Gasteiger charge is 2.19. The molecule has 11 heteroatoms. The summed E-state index contributed by atoms with van der Waals surface area (Å²) >= 11 is 5.95. The number of halogens is 2. The van der Waals surface area contributed by atoms with Gasteiger partial charge in [-0.05, 0) is 66.6 Å². The molecular formula is C25H26Cl2N2O6S. The quantitative estimate of drug-likeness (QED) is 0.268. The van der Waals surface area contributed by atoms with E-state index in [2.05, 4.69) is 10.6 Å². The number of rotatable bonds is 11. The van der Waals surface area contributed by atoms with Gasteiger partial charge in [-0.2, -0.15) is 0 Å². The van der Waals surface area contributed by atoms with Crippen LogP contribution in [0.1, 0.15) is 27.6 Å². The molecule has 1 atom stereocenters. The summed E-state index contributed by atoms with van der Waals surface area (Å²) < 4.78 is 26.0. The topological polar surface area (TPSA) is 133 Å². The Labute approximate surface area is 220 Å². The molecule has 0 aliphatic rings. The van der Waals surface area contributed by atoms with Crippen molar-refractivity contribution in [1.82, 2.24) is 10.6 Å². The van der Waals surface area contributed by atoms with Crippen molar-refractivity contribution in [2.75, 3.05) is 19.6 Å². The summed E-state index contributed by atoms with van der Waals surface area (Å²) in [5, 5.41) is 24.9. The Kier molecular flexibility index (Phi) is 10.9. The number of carbonyl (C=O) groups excluding carboxylic acids is 1. The van der Waals surface area contributed by atoms with Gasteiger partial charge in [0.2, 0.25) is 9.84 Å². The minimum atomic E-state index is -3.87. The van der Waals surface area contributed by atoms with Gasteiger partial charge in [0.05, 0.1) is 15.9 Å². The SMILES string of the molecule is Cl.O=C(O)CNC(=O)c1cccc(S(=O)(=O)c2ccc(CCNC[C@H](O)c3cccc(Cl)c3)cc2)c1. The minimum Gasteiger partial charge on any atom is -0.480 e. The summed E-state index contributed by atoms with van der Waals surface area (Å²) in [5.41, 5.74) is 1.69. The largest absolute Gasteiger partial charge is 0.480 e. The third kappa shape index (κ3) is 8.04. The number of carboxylic acids is 1. The van der Waals surface area contributed by atoms with Crippen LogP contribution in [0.4, 0.5) is 0 Å². The molecule has 0 fully saturated rings. The smallest absolute Gasteiger partial charge is 0.322 e. The van der Waals surface area contributed by atoms with Crippen LogP contribution in [0.3, 0.4) is 0 Å². The van der Waals surface area contributed by atoms with Crippen LogP contribution >= 0.6 is 24.0 Å². The van der Waals surface area contributed by atoms with Crippen LogP contribution in [0.25, 0.3) is 0 Å². The lowest BCUT2D eigenvalue weighted by Crippen LogP contribution is -2.29. The van der Waals surface area contributed by atoms with Gasteiger partial charge < -0.3 is 20.8 Å². The number of aliphatic hydroxyl groups is 1. The summed E-state index contributed by atoms with van der Waals surface area (Å²) in [5.74, 6) is -1.87. The Balaban J connectivity index is 0.00000456. The lowest BCUT2D eigenvalue weighted by atomic mass is 10.1. The third-order valence-corrected chi connectivity index (χ3v) is 7.20. The van der Waals surface area contributed by atoms with Crippen LogP contribution in [0.5, 0.6) is 0 Å². The van der Waals surface area contributed by atoms with E-state index in [1.807, 2.05) is 0 Å². The molecule has 36 heavy (non-hydrogen) atoms. The van der Waals surface area contributed by atoms with Crippen LogP contribution < -0.4 is 10.6 Å². The van der Waals surface area contributed by atoms with Crippen LogP contribution in [-0.4, -0.2) is 50.1 Å². The number of hydrogen-bond donors (Lipinski definition) is 4. The number of aliphatic carboxylic acids is 1. The van der Waals surface area contributed by atoms with Crippen molar-refractivity contribution in [3.63, 3.8) is 0 Å². The molecule has 4 N–H and O–H groups in total. The van der Waals surface area contributed by atoms with Gasteiger partial charge in [0, 0.05) is 17.1 Å². The summed E-state index contributed by atoms with van der Waals surface area (Å²) in [6.07, 6.45) is -0.0647. The number of hydrogen-bond acceptors (Lipinski definition) is 6. The summed E-state index contributed by atoms with van der Waals surface area (Å²) in [4.78, 5) is 22.7. The first kappa shape index (κ1) is 29.3. The molecule has 0 spiro atoms. The zero-order valence-electron chi connectivity index (χ0n) is 19.1. The first-order chi connectivity index (χ1) is 16.7. The molecule has 3 aromatic carbocycles. The number of benzene rings is 3. The van der Waals surface area contributed by atoms with E-state index in [1.165, 1.54) is 36.4 Å². The predicted molar refractivity (Wildman–Crippen MR) is 139 cm³/mol. The Bertz CT molecular complexity index is 1300. The molecule has 3 aromatic rings. The van der Waals surface area contributed by atoms with Crippen LogP contribution in [0, 0.1) is 0 Å². The third-order valence-electron chi connectivity index (χ3n) is 5.20. The van der Waals surface area contributed by atoms with E-state index in [0.717, 1.165) is 11.1 Å². The molecule has 3 rings (SSSR count). The van der Waals surface area contributed by atoms with E-state index in [9.17, 15) is 23.1 Å². The Morgan fingerprint density at radius 3 is 2.31 bits per heavy atom. The van der Waals surface area contributed by atoms with Gasteiger partial charge in [0.1, 0.15) is 6.54 Å². The van der Waals surface area contributed by atoms with Gasteiger partial charge >= 0.3 is 5.97 Å². The van der Waals surface area contributed by atoms with E-state index in [-0.39, 0.29) is 27.8 Å². The summed E-state index contributed by atoms with van der Waals surface area (Å²) in [6, 6.07) is 18.9. The van der Waals surface area contributed by atoms with Crippen LogP contribution in [0.15, 0.2) is 82.6 Å². The number of carboxylic acid groups (broad SMARTS) is 1. The number of amides is 1. The fraction of sp³-hybridized carbons (Fsp3) is 0.200. The molecule has 192 valence electrons. The Hall–Kier alpha value is -2.95. The second-order valence-electron chi connectivity index (χ2n) is 7.78. The maximum absolute atomic E-state index is 13.0. The first-order valence-corrected chi connectivity index (χ1v) is 12.6. The number of aliphatic hydroxyl groups excluding tert-OH is 1. The highest BCUT2D eigenvalue weighted by Crippen LogP contribution is 2.22. The van der Waals surface area contributed by atoms with Gasteiger partial charge in [0.25, 0.3) is 5.91 Å². The Morgan fingerprint density at radius 1 is 0.944 bits per heavy atom. The van der Waals surface area contributed by atoms with E-state index in [1.54, 1.807) is 36.4 Å². The lowest BCUT2D eigenvalue weighted by Gasteiger charge is -2.13. The van der Waals surface area contributed by atoms with Crippen molar-refractivity contribution < 1.29 is 28.2 Å². The second kappa shape index (κ2) is 13.4. The van der Waals surface area contributed by atoms with Crippen molar-refractivity contribution >= 4 is 45.7 Å². The van der Waals surface area contributed by atoms with Gasteiger partial charge in [0.15, 0.2) is 0 Å². The van der Waals surface area contributed by atoms with Gasteiger partial charge in [-0.3, -0.25) is 9.59 Å². The second-order valence-corrected chi connectivity index (χ2v) is 10.2. The van der Waals surface area contributed by atoms with E-state index < -0.39 is 34.4 Å². The van der Waals surface area contributed by atoms with Gasteiger partial charge in [-0.25, -0.2) is 8.42 Å². The zero-order valence-corrected chi connectivity index (χ0v) is 21.4. The molecular weight excluding hydrogens is 527 g/mol. The lowest BCUT2D eigenvalue weighted by molar-refractivity contribution is -0.135. The molecule has 0 aromatic heterocycles. The van der Waals surface area contributed by atoms with Crippen LogP contribution in [-0.2, 0) is 21.1 Å².